The lowest BCUT2D eigenvalue weighted by atomic mass is 9.81. The van der Waals surface area contributed by atoms with E-state index in [1.54, 1.807) is 6.07 Å². The topological polar surface area (TPSA) is 52.9 Å². The SMILES string of the molecule is O[C@H](CN1CCC2(CC1)C[C@@H](O)c1cc(F)ccc1O2)c1ccc(F)c(F)c1. The number of likely N-dealkylation sites (tertiary alicyclic amines) is 1. The average molecular weight is 393 g/mol. The van der Waals surface area contributed by atoms with Crippen molar-refractivity contribution in [1.82, 2.24) is 4.90 Å². The second-order valence-corrected chi connectivity index (χ2v) is 7.68. The number of fused-ring (bicyclic) bond motifs is 1. The minimum atomic E-state index is -0.978. The van der Waals surface area contributed by atoms with Crippen LogP contribution in [0.3, 0.4) is 0 Å². The molecular formula is C21H22F3NO3. The molecular weight excluding hydrogens is 371 g/mol. The predicted octanol–water partition coefficient (Wildman–Crippen LogP) is 3.49. The van der Waals surface area contributed by atoms with Crippen LogP contribution < -0.4 is 4.74 Å². The average Bonchev–Trinajstić information content (AvgIpc) is 2.67. The number of piperidine rings is 1. The quantitative estimate of drug-likeness (QED) is 0.838. The van der Waals surface area contributed by atoms with Gasteiger partial charge in [-0.05, 0) is 48.7 Å². The van der Waals surface area contributed by atoms with Crippen molar-refractivity contribution in [3.05, 3.63) is 65.0 Å². The molecule has 150 valence electrons. The summed E-state index contributed by atoms with van der Waals surface area (Å²) in [5, 5.41) is 20.8. The molecule has 4 rings (SSSR count). The Morgan fingerprint density at radius 3 is 2.54 bits per heavy atom. The van der Waals surface area contributed by atoms with Crippen molar-refractivity contribution >= 4 is 0 Å². The van der Waals surface area contributed by atoms with Crippen LogP contribution in [0, 0.1) is 17.5 Å². The first-order chi connectivity index (χ1) is 13.3. The summed E-state index contributed by atoms with van der Waals surface area (Å²) in [6.45, 7) is 1.56. The van der Waals surface area contributed by atoms with Gasteiger partial charge in [0.25, 0.3) is 0 Å². The van der Waals surface area contributed by atoms with Gasteiger partial charge in [0.1, 0.15) is 17.2 Å². The number of aliphatic hydroxyl groups excluding tert-OH is 2. The molecule has 2 aromatic carbocycles. The maximum atomic E-state index is 13.4. The van der Waals surface area contributed by atoms with Crippen molar-refractivity contribution in [2.75, 3.05) is 19.6 Å². The minimum absolute atomic E-state index is 0.297. The number of aliphatic hydroxyl groups is 2. The smallest absolute Gasteiger partial charge is 0.159 e. The van der Waals surface area contributed by atoms with Gasteiger partial charge >= 0.3 is 0 Å². The normalized spacial score (nSPS) is 22.5. The largest absolute Gasteiger partial charge is 0.487 e. The van der Waals surface area contributed by atoms with E-state index in [9.17, 15) is 23.4 Å². The van der Waals surface area contributed by atoms with Crippen molar-refractivity contribution < 1.29 is 28.1 Å². The first-order valence-corrected chi connectivity index (χ1v) is 9.37. The van der Waals surface area contributed by atoms with Crippen LogP contribution in [0.25, 0.3) is 0 Å². The zero-order chi connectivity index (χ0) is 19.9. The van der Waals surface area contributed by atoms with Crippen LogP contribution in [0.1, 0.15) is 42.6 Å². The van der Waals surface area contributed by atoms with Gasteiger partial charge in [0, 0.05) is 31.6 Å². The number of ether oxygens (including phenoxy) is 1. The van der Waals surface area contributed by atoms with Gasteiger partial charge in [-0.15, -0.1) is 0 Å². The Bertz CT molecular complexity index is 868. The van der Waals surface area contributed by atoms with E-state index < -0.39 is 35.3 Å². The zero-order valence-electron chi connectivity index (χ0n) is 15.2. The number of β-amino-alcohol motifs (C(OH)–C–C–N with tert-alkyl or cyclic N) is 1. The number of rotatable bonds is 3. The van der Waals surface area contributed by atoms with E-state index in [4.69, 9.17) is 4.74 Å². The fourth-order valence-corrected chi connectivity index (χ4v) is 4.13. The lowest BCUT2D eigenvalue weighted by Gasteiger charge is -2.46. The van der Waals surface area contributed by atoms with Crippen LogP contribution >= 0.6 is 0 Å². The van der Waals surface area contributed by atoms with Crippen molar-refractivity contribution in [2.24, 2.45) is 0 Å². The molecule has 0 bridgehead atoms. The Morgan fingerprint density at radius 1 is 1.07 bits per heavy atom. The van der Waals surface area contributed by atoms with Gasteiger partial charge < -0.3 is 19.8 Å². The molecule has 1 fully saturated rings. The molecule has 2 aromatic rings. The fraction of sp³-hybridized carbons (Fsp3) is 0.429. The van der Waals surface area contributed by atoms with Crippen LogP contribution in [-0.2, 0) is 0 Å². The summed E-state index contributed by atoms with van der Waals surface area (Å²) in [6.07, 6.45) is -0.0238. The van der Waals surface area contributed by atoms with Crippen molar-refractivity contribution in [3.63, 3.8) is 0 Å². The van der Waals surface area contributed by atoms with E-state index in [0.717, 1.165) is 12.1 Å². The summed E-state index contributed by atoms with van der Waals surface area (Å²) in [5.74, 6) is -1.81. The summed E-state index contributed by atoms with van der Waals surface area (Å²) < 4.78 is 46.0. The first-order valence-electron chi connectivity index (χ1n) is 9.37. The molecule has 2 heterocycles. The van der Waals surface area contributed by atoms with Gasteiger partial charge in [0.05, 0.1) is 12.2 Å². The molecule has 2 aliphatic heterocycles. The molecule has 2 N–H and O–H groups in total. The highest BCUT2D eigenvalue weighted by Gasteiger charge is 2.43. The van der Waals surface area contributed by atoms with Gasteiger partial charge in [0.15, 0.2) is 11.6 Å². The number of hydrogen-bond donors (Lipinski definition) is 2. The monoisotopic (exact) mass is 393 g/mol. The summed E-state index contributed by atoms with van der Waals surface area (Å²) >= 11 is 0. The summed E-state index contributed by atoms with van der Waals surface area (Å²) in [5.41, 5.74) is 0.287. The summed E-state index contributed by atoms with van der Waals surface area (Å²) in [7, 11) is 0. The summed E-state index contributed by atoms with van der Waals surface area (Å²) in [6, 6.07) is 7.58. The third kappa shape index (κ3) is 3.74. The van der Waals surface area contributed by atoms with E-state index in [1.807, 2.05) is 4.90 Å². The molecule has 7 heteroatoms. The molecule has 28 heavy (non-hydrogen) atoms. The predicted molar refractivity (Wildman–Crippen MR) is 96.3 cm³/mol. The van der Waals surface area contributed by atoms with Crippen LogP contribution in [0.4, 0.5) is 13.2 Å². The lowest BCUT2D eigenvalue weighted by molar-refractivity contribution is -0.0589. The van der Waals surface area contributed by atoms with Crippen LogP contribution in [0.2, 0.25) is 0 Å². The fourth-order valence-electron chi connectivity index (χ4n) is 4.13. The third-order valence-corrected chi connectivity index (χ3v) is 5.75. The molecule has 0 radical (unpaired) electrons. The number of hydrogen-bond acceptors (Lipinski definition) is 4. The molecule has 0 aliphatic carbocycles. The Hall–Kier alpha value is -2.09. The molecule has 0 amide bonds. The highest BCUT2D eigenvalue weighted by Crippen LogP contribution is 2.44. The van der Waals surface area contributed by atoms with Gasteiger partial charge in [-0.3, -0.25) is 0 Å². The van der Waals surface area contributed by atoms with Crippen LogP contribution in [0.15, 0.2) is 36.4 Å². The highest BCUT2D eigenvalue weighted by atomic mass is 19.2. The maximum absolute atomic E-state index is 13.4. The Kier molecular flexibility index (Phi) is 5.07. The zero-order valence-corrected chi connectivity index (χ0v) is 15.2. The van der Waals surface area contributed by atoms with Gasteiger partial charge in [-0.2, -0.15) is 0 Å². The molecule has 0 unspecified atom stereocenters. The van der Waals surface area contributed by atoms with Crippen LogP contribution in [-0.4, -0.2) is 40.3 Å². The van der Waals surface area contributed by atoms with E-state index in [0.29, 0.717) is 55.8 Å². The van der Waals surface area contributed by atoms with E-state index in [1.165, 1.54) is 18.2 Å². The molecule has 4 nitrogen and oxygen atoms in total. The number of halogens is 3. The molecule has 0 saturated carbocycles. The first kappa shape index (κ1) is 19.2. The standard InChI is InChI=1S/C21H22F3NO3/c22-14-2-4-20-15(10-14)18(26)11-21(28-20)5-7-25(8-6-21)12-19(27)13-1-3-16(23)17(24)9-13/h1-4,9-10,18-19,26-27H,5-8,11-12H2/t18-,19-/m1/s1. The second kappa shape index (κ2) is 7.39. The van der Waals surface area contributed by atoms with Crippen LogP contribution in [0.5, 0.6) is 5.75 Å². The highest BCUT2D eigenvalue weighted by molar-refractivity contribution is 5.38. The Morgan fingerprint density at radius 2 is 1.82 bits per heavy atom. The summed E-state index contributed by atoms with van der Waals surface area (Å²) in [4.78, 5) is 2.03. The van der Waals surface area contributed by atoms with Crippen molar-refractivity contribution in [2.45, 2.75) is 37.1 Å². The van der Waals surface area contributed by atoms with Gasteiger partial charge in [-0.25, -0.2) is 13.2 Å². The third-order valence-electron chi connectivity index (χ3n) is 5.75. The number of benzene rings is 2. The lowest BCUT2D eigenvalue weighted by Crippen LogP contribution is -2.51. The van der Waals surface area contributed by atoms with Crippen molar-refractivity contribution in [1.29, 1.82) is 0 Å². The molecule has 2 atom stereocenters. The number of nitrogens with zero attached hydrogens (tertiary/aromatic N) is 1. The van der Waals surface area contributed by atoms with E-state index >= 15 is 0 Å². The van der Waals surface area contributed by atoms with E-state index in [-0.39, 0.29) is 0 Å². The molecule has 1 saturated heterocycles. The van der Waals surface area contributed by atoms with Crippen molar-refractivity contribution in [3.8, 4) is 5.75 Å². The van der Waals surface area contributed by atoms with Gasteiger partial charge in [-0.1, -0.05) is 6.07 Å². The Balaban J connectivity index is 1.39. The second-order valence-electron chi connectivity index (χ2n) is 7.68. The van der Waals surface area contributed by atoms with Gasteiger partial charge in [0.2, 0.25) is 0 Å². The minimum Gasteiger partial charge on any atom is -0.487 e. The Labute approximate surface area is 161 Å². The van der Waals surface area contributed by atoms with E-state index in [2.05, 4.69) is 0 Å². The molecule has 1 spiro atoms. The molecule has 0 aromatic heterocycles. The molecule has 2 aliphatic rings. The maximum Gasteiger partial charge on any atom is 0.159 e.